The molecule has 0 aliphatic rings. The number of unbranched alkanes of at least 4 members (excludes halogenated alkanes) is 1. The SMILES string of the molecule is CCCCn1c(=S)[nH]c(=O)c2c(C(=O)O)cc(-c3cccs3)nc21. The highest BCUT2D eigenvalue weighted by Gasteiger charge is 2.19. The molecular weight excluding hydrogens is 346 g/mol. The lowest BCUT2D eigenvalue weighted by molar-refractivity contribution is 0.0699. The molecule has 0 saturated carbocycles. The maximum absolute atomic E-state index is 12.3. The first kappa shape index (κ1) is 16.5. The molecule has 0 aromatic carbocycles. The first-order chi connectivity index (χ1) is 11.5. The molecule has 0 radical (unpaired) electrons. The summed E-state index contributed by atoms with van der Waals surface area (Å²) in [7, 11) is 0. The predicted molar refractivity (Wildman–Crippen MR) is 96.4 cm³/mol. The third kappa shape index (κ3) is 2.90. The molecule has 0 bridgehead atoms. The number of aromatic amines is 1. The van der Waals surface area contributed by atoms with E-state index in [4.69, 9.17) is 12.2 Å². The fourth-order valence-corrected chi connectivity index (χ4v) is 3.47. The first-order valence-corrected chi connectivity index (χ1v) is 8.76. The molecule has 0 aliphatic heterocycles. The summed E-state index contributed by atoms with van der Waals surface area (Å²) in [6, 6.07) is 5.18. The number of rotatable bonds is 5. The average Bonchev–Trinajstić information content (AvgIpc) is 3.08. The van der Waals surface area contributed by atoms with Crippen LogP contribution in [0.15, 0.2) is 28.4 Å². The summed E-state index contributed by atoms with van der Waals surface area (Å²) >= 11 is 6.72. The first-order valence-electron chi connectivity index (χ1n) is 7.48. The molecule has 124 valence electrons. The minimum atomic E-state index is -1.16. The van der Waals surface area contributed by atoms with Crippen LogP contribution in [0.25, 0.3) is 21.6 Å². The van der Waals surface area contributed by atoms with Gasteiger partial charge in [-0.05, 0) is 36.2 Å². The maximum atomic E-state index is 12.3. The van der Waals surface area contributed by atoms with Gasteiger partial charge < -0.3 is 9.67 Å². The molecule has 0 amide bonds. The molecule has 0 fully saturated rings. The number of thiophene rings is 1. The van der Waals surface area contributed by atoms with E-state index < -0.39 is 11.5 Å². The Morgan fingerprint density at radius 3 is 2.92 bits per heavy atom. The molecule has 3 aromatic heterocycles. The number of H-pyrrole nitrogens is 1. The van der Waals surface area contributed by atoms with E-state index in [0.29, 0.717) is 17.9 Å². The number of hydrogen-bond acceptors (Lipinski definition) is 5. The lowest BCUT2D eigenvalue weighted by atomic mass is 10.1. The van der Waals surface area contributed by atoms with E-state index in [-0.39, 0.29) is 15.7 Å². The molecular formula is C16H15N3O3S2. The van der Waals surface area contributed by atoms with Crippen LogP contribution in [0.2, 0.25) is 0 Å². The molecule has 6 nitrogen and oxygen atoms in total. The van der Waals surface area contributed by atoms with Crippen LogP contribution in [-0.2, 0) is 6.54 Å². The number of nitrogens with zero attached hydrogens (tertiary/aromatic N) is 2. The van der Waals surface area contributed by atoms with Gasteiger partial charge in [-0.2, -0.15) is 0 Å². The van der Waals surface area contributed by atoms with Gasteiger partial charge in [-0.15, -0.1) is 11.3 Å². The number of carboxylic acids is 1. The van der Waals surface area contributed by atoms with Gasteiger partial charge in [-0.25, -0.2) is 9.78 Å². The Balaban J connectivity index is 2.42. The van der Waals surface area contributed by atoms with E-state index >= 15 is 0 Å². The molecule has 3 heterocycles. The molecule has 0 atom stereocenters. The van der Waals surface area contributed by atoms with Crippen molar-refractivity contribution in [3.05, 3.63) is 44.3 Å². The van der Waals surface area contributed by atoms with Crippen LogP contribution in [0.3, 0.4) is 0 Å². The van der Waals surface area contributed by atoms with Crippen molar-refractivity contribution in [1.82, 2.24) is 14.5 Å². The molecule has 0 spiro atoms. The fraction of sp³-hybridized carbons (Fsp3) is 0.250. The van der Waals surface area contributed by atoms with Gasteiger partial charge in [0.25, 0.3) is 5.56 Å². The highest BCUT2D eigenvalue weighted by Crippen LogP contribution is 2.26. The third-order valence-corrected chi connectivity index (χ3v) is 4.90. The summed E-state index contributed by atoms with van der Waals surface area (Å²) < 4.78 is 1.96. The van der Waals surface area contributed by atoms with Crippen molar-refractivity contribution in [2.24, 2.45) is 0 Å². The number of aryl methyl sites for hydroxylation is 1. The Morgan fingerprint density at radius 1 is 1.50 bits per heavy atom. The van der Waals surface area contributed by atoms with E-state index in [1.807, 2.05) is 24.4 Å². The van der Waals surface area contributed by atoms with Crippen molar-refractivity contribution < 1.29 is 9.90 Å². The number of hydrogen-bond donors (Lipinski definition) is 2. The summed E-state index contributed by atoms with van der Waals surface area (Å²) in [5.41, 5.74) is 0.260. The fourth-order valence-electron chi connectivity index (χ4n) is 2.52. The van der Waals surface area contributed by atoms with Crippen molar-refractivity contribution >= 4 is 40.6 Å². The van der Waals surface area contributed by atoms with Crippen LogP contribution in [0, 0.1) is 4.77 Å². The second-order valence-electron chi connectivity index (χ2n) is 5.30. The van der Waals surface area contributed by atoms with E-state index in [1.165, 1.54) is 17.4 Å². The van der Waals surface area contributed by atoms with Crippen molar-refractivity contribution in [2.45, 2.75) is 26.3 Å². The predicted octanol–water partition coefficient (Wildman–Crippen LogP) is 3.68. The van der Waals surface area contributed by atoms with Crippen molar-refractivity contribution in [3.8, 4) is 10.6 Å². The van der Waals surface area contributed by atoms with E-state index in [9.17, 15) is 14.7 Å². The maximum Gasteiger partial charge on any atom is 0.336 e. The van der Waals surface area contributed by atoms with Crippen LogP contribution < -0.4 is 5.56 Å². The quantitative estimate of drug-likeness (QED) is 0.677. The molecule has 3 rings (SSSR count). The number of aromatic carboxylic acids is 1. The molecule has 8 heteroatoms. The van der Waals surface area contributed by atoms with Crippen LogP contribution in [0.5, 0.6) is 0 Å². The van der Waals surface area contributed by atoms with Crippen LogP contribution >= 0.6 is 23.6 Å². The number of carbonyl (C=O) groups is 1. The molecule has 24 heavy (non-hydrogen) atoms. The lowest BCUT2D eigenvalue weighted by Crippen LogP contribution is -2.19. The zero-order valence-electron chi connectivity index (χ0n) is 12.9. The lowest BCUT2D eigenvalue weighted by Gasteiger charge is -2.12. The number of carboxylic acid groups (broad SMARTS) is 1. The van der Waals surface area contributed by atoms with E-state index in [0.717, 1.165) is 17.7 Å². The molecule has 0 unspecified atom stereocenters. The van der Waals surface area contributed by atoms with Crippen LogP contribution in [-0.4, -0.2) is 25.6 Å². The number of nitrogens with one attached hydrogen (secondary N) is 1. The van der Waals surface area contributed by atoms with Gasteiger partial charge in [-0.1, -0.05) is 19.4 Å². The second-order valence-corrected chi connectivity index (χ2v) is 6.63. The number of pyridine rings is 1. The largest absolute Gasteiger partial charge is 0.478 e. The summed E-state index contributed by atoms with van der Waals surface area (Å²) in [5, 5.41) is 11.5. The second kappa shape index (κ2) is 6.66. The minimum Gasteiger partial charge on any atom is -0.478 e. The van der Waals surface area contributed by atoms with Gasteiger partial charge in [0.15, 0.2) is 4.77 Å². The Kier molecular flexibility index (Phi) is 4.59. The average molecular weight is 361 g/mol. The van der Waals surface area contributed by atoms with E-state index in [1.54, 1.807) is 4.57 Å². The number of aromatic nitrogens is 3. The molecule has 0 saturated heterocycles. The summed E-state index contributed by atoms with van der Waals surface area (Å²) in [4.78, 5) is 32.0. The zero-order chi connectivity index (χ0) is 17.3. The summed E-state index contributed by atoms with van der Waals surface area (Å²) in [5.74, 6) is -1.16. The Morgan fingerprint density at radius 2 is 2.29 bits per heavy atom. The van der Waals surface area contributed by atoms with Gasteiger partial charge in [0.2, 0.25) is 0 Å². The monoisotopic (exact) mass is 361 g/mol. The summed E-state index contributed by atoms with van der Waals surface area (Å²) in [6.07, 6.45) is 1.79. The highest BCUT2D eigenvalue weighted by molar-refractivity contribution is 7.71. The third-order valence-electron chi connectivity index (χ3n) is 3.69. The van der Waals surface area contributed by atoms with Gasteiger partial charge in [0, 0.05) is 6.54 Å². The highest BCUT2D eigenvalue weighted by atomic mass is 32.1. The summed E-state index contributed by atoms with van der Waals surface area (Å²) in [6.45, 7) is 2.62. The van der Waals surface area contributed by atoms with Crippen molar-refractivity contribution in [1.29, 1.82) is 0 Å². The van der Waals surface area contributed by atoms with Gasteiger partial charge in [0.1, 0.15) is 5.65 Å². The topological polar surface area (TPSA) is 88.0 Å². The standard InChI is InChI=1S/C16H15N3O3S2/c1-2-3-6-19-13-12(14(20)18-16(19)23)9(15(21)22)8-10(17-13)11-5-4-7-24-11/h4-5,7-8H,2-3,6H2,1H3,(H,21,22)(H,18,20,23). The zero-order valence-corrected chi connectivity index (χ0v) is 14.5. The normalized spacial score (nSPS) is 11.0. The number of fused-ring (bicyclic) bond motifs is 1. The van der Waals surface area contributed by atoms with E-state index in [2.05, 4.69) is 9.97 Å². The molecule has 2 N–H and O–H groups in total. The van der Waals surface area contributed by atoms with Gasteiger partial charge >= 0.3 is 5.97 Å². The van der Waals surface area contributed by atoms with Gasteiger partial charge in [-0.3, -0.25) is 9.78 Å². The van der Waals surface area contributed by atoms with Gasteiger partial charge in [0.05, 0.1) is 21.5 Å². The van der Waals surface area contributed by atoms with Crippen molar-refractivity contribution in [2.75, 3.05) is 0 Å². The Labute approximate surface area is 146 Å². The minimum absolute atomic E-state index is 0.0625. The Hall–Kier alpha value is -2.32. The van der Waals surface area contributed by atoms with Crippen LogP contribution in [0.4, 0.5) is 0 Å². The molecule has 0 aliphatic carbocycles. The van der Waals surface area contributed by atoms with Crippen LogP contribution in [0.1, 0.15) is 30.1 Å². The molecule has 3 aromatic rings. The van der Waals surface area contributed by atoms with Crippen molar-refractivity contribution in [3.63, 3.8) is 0 Å². The Bertz CT molecular complexity index is 1020. The smallest absolute Gasteiger partial charge is 0.336 e.